The van der Waals surface area contributed by atoms with Gasteiger partial charge >= 0.3 is 0 Å². The molecule has 0 saturated carbocycles. The Morgan fingerprint density at radius 2 is 2.18 bits per heavy atom. The minimum absolute atomic E-state index is 0.223. The lowest BCUT2D eigenvalue weighted by Crippen LogP contribution is -2.27. The molecule has 0 amide bonds. The highest BCUT2D eigenvalue weighted by molar-refractivity contribution is 5.19. The van der Waals surface area contributed by atoms with Gasteiger partial charge in [0.05, 0.1) is 6.54 Å². The van der Waals surface area contributed by atoms with Crippen molar-refractivity contribution >= 4 is 0 Å². The highest BCUT2D eigenvalue weighted by atomic mass is 19.1. The van der Waals surface area contributed by atoms with Crippen LogP contribution in [0.1, 0.15) is 11.6 Å². The first-order valence-electron chi connectivity index (χ1n) is 5.20. The number of benzene rings is 1. The Morgan fingerprint density at radius 1 is 1.35 bits per heavy atom. The number of rotatable bonds is 3. The monoisotopic (exact) mass is 233 g/mol. The Morgan fingerprint density at radius 3 is 2.88 bits per heavy atom. The van der Waals surface area contributed by atoms with E-state index in [1.807, 2.05) is 0 Å². The molecule has 2 aromatic rings. The Kier molecular flexibility index (Phi) is 3.30. The molecule has 1 unspecified atom stereocenters. The predicted octanol–water partition coefficient (Wildman–Crippen LogP) is 1.08. The Balaban J connectivity index is 2.20. The normalized spacial score (nSPS) is 12.4. The molecular formula is C12H12FN3O. The lowest BCUT2D eigenvalue weighted by atomic mass is 10.1. The summed E-state index contributed by atoms with van der Waals surface area (Å²) >= 11 is 0. The highest BCUT2D eigenvalue weighted by Gasteiger charge is 2.08. The van der Waals surface area contributed by atoms with Gasteiger partial charge in [-0.1, -0.05) is 12.1 Å². The van der Waals surface area contributed by atoms with E-state index in [0.29, 0.717) is 5.56 Å². The standard InChI is InChI=1S/C12H12FN3O/c13-10-4-1-3-9(7-10)11(14)8-16-12(17)5-2-6-15-16/h1-7,11H,8,14H2. The summed E-state index contributed by atoms with van der Waals surface area (Å²) in [6.07, 6.45) is 1.51. The third kappa shape index (κ3) is 2.76. The van der Waals surface area contributed by atoms with Crippen molar-refractivity contribution in [3.63, 3.8) is 0 Å². The zero-order valence-electron chi connectivity index (χ0n) is 9.08. The molecule has 0 aliphatic rings. The van der Waals surface area contributed by atoms with Crippen LogP contribution < -0.4 is 11.3 Å². The van der Waals surface area contributed by atoms with Crippen LogP contribution in [-0.4, -0.2) is 9.78 Å². The van der Waals surface area contributed by atoms with Gasteiger partial charge in [-0.05, 0) is 23.8 Å². The molecule has 1 aromatic carbocycles. The van der Waals surface area contributed by atoms with Crippen molar-refractivity contribution in [2.45, 2.75) is 12.6 Å². The second-order valence-corrected chi connectivity index (χ2v) is 3.71. The molecular weight excluding hydrogens is 221 g/mol. The Labute approximate surface area is 97.5 Å². The molecule has 0 fully saturated rings. The van der Waals surface area contributed by atoms with Gasteiger partial charge in [-0.2, -0.15) is 5.10 Å². The fraction of sp³-hybridized carbons (Fsp3) is 0.167. The van der Waals surface area contributed by atoms with Crippen LogP contribution in [0.2, 0.25) is 0 Å². The molecule has 5 heteroatoms. The zero-order chi connectivity index (χ0) is 12.3. The van der Waals surface area contributed by atoms with E-state index < -0.39 is 6.04 Å². The van der Waals surface area contributed by atoms with Gasteiger partial charge in [0.2, 0.25) is 0 Å². The van der Waals surface area contributed by atoms with Gasteiger partial charge in [0.25, 0.3) is 5.56 Å². The number of hydrogen-bond donors (Lipinski definition) is 1. The number of hydrogen-bond acceptors (Lipinski definition) is 3. The maximum atomic E-state index is 13.0. The van der Waals surface area contributed by atoms with Crippen molar-refractivity contribution < 1.29 is 4.39 Å². The van der Waals surface area contributed by atoms with Crippen LogP contribution in [0.5, 0.6) is 0 Å². The van der Waals surface area contributed by atoms with Crippen molar-refractivity contribution in [1.29, 1.82) is 0 Å². The van der Waals surface area contributed by atoms with Crippen molar-refractivity contribution in [2.24, 2.45) is 5.73 Å². The first-order valence-corrected chi connectivity index (χ1v) is 5.20. The molecule has 0 bridgehead atoms. The average molecular weight is 233 g/mol. The topological polar surface area (TPSA) is 60.9 Å². The van der Waals surface area contributed by atoms with Gasteiger partial charge in [-0.25, -0.2) is 9.07 Å². The molecule has 2 N–H and O–H groups in total. The van der Waals surface area contributed by atoms with E-state index >= 15 is 0 Å². The van der Waals surface area contributed by atoms with E-state index in [-0.39, 0.29) is 17.9 Å². The second-order valence-electron chi connectivity index (χ2n) is 3.71. The lowest BCUT2D eigenvalue weighted by molar-refractivity contribution is 0.501. The number of nitrogens with zero attached hydrogens (tertiary/aromatic N) is 2. The first-order chi connectivity index (χ1) is 8.16. The first kappa shape index (κ1) is 11.5. The molecule has 0 aliphatic heterocycles. The molecule has 1 heterocycles. The Bertz CT molecular complexity index is 567. The van der Waals surface area contributed by atoms with Crippen LogP contribution in [0.4, 0.5) is 4.39 Å². The smallest absolute Gasteiger partial charge is 0.266 e. The summed E-state index contributed by atoms with van der Waals surface area (Å²) in [7, 11) is 0. The van der Waals surface area contributed by atoms with Crippen LogP contribution in [0.15, 0.2) is 47.4 Å². The SMILES string of the molecule is NC(Cn1ncccc1=O)c1cccc(F)c1. The van der Waals surface area contributed by atoms with Crippen molar-refractivity contribution in [3.05, 3.63) is 64.3 Å². The maximum Gasteiger partial charge on any atom is 0.266 e. The molecule has 0 aliphatic carbocycles. The number of nitrogens with two attached hydrogens (primary N) is 1. The van der Waals surface area contributed by atoms with Crippen molar-refractivity contribution in [2.75, 3.05) is 0 Å². The van der Waals surface area contributed by atoms with Crippen LogP contribution in [-0.2, 0) is 6.54 Å². The Hall–Kier alpha value is -2.01. The van der Waals surface area contributed by atoms with Gasteiger partial charge in [-0.3, -0.25) is 4.79 Å². The molecule has 4 nitrogen and oxygen atoms in total. The van der Waals surface area contributed by atoms with Crippen LogP contribution in [0.3, 0.4) is 0 Å². The number of aromatic nitrogens is 2. The van der Waals surface area contributed by atoms with E-state index in [1.165, 1.54) is 29.1 Å². The van der Waals surface area contributed by atoms with Gasteiger partial charge in [0.1, 0.15) is 5.82 Å². The van der Waals surface area contributed by atoms with Crippen LogP contribution >= 0.6 is 0 Å². The molecule has 88 valence electrons. The highest BCUT2D eigenvalue weighted by Crippen LogP contribution is 2.12. The minimum Gasteiger partial charge on any atom is -0.322 e. The number of halogens is 1. The third-order valence-corrected chi connectivity index (χ3v) is 2.43. The summed E-state index contributed by atoms with van der Waals surface area (Å²) in [5, 5.41) is 3.90. The fourth-order valence-corrected chi connectivity index (χ4v) is 1.55. The minimum atomic E-state index is -0.460. The molecule has 1 atom stereocenters. The van der Waals surface area contributed by atoms with E-state index in [2.05, 4.69) is 5.10 Å². The third-order valence-electron chi connectivity index (χ3n) is 2.43. The van der Waals surface area contributed by atoms with Crippen molar-refractivity contribution in [1.82, 2.24) is 9.78 Å². The summed E-state index contributed by atoms with van der Waals surface area (Å²) in [5.74, 6) is -0.341. The summed E-state index contributed by atoms with van der Waals surface area (Å²) in [6, 6.07) is 8.53. The molecule has 0 spiro atoms. The summed E-state index contributed by atoms with van der Waals surface area (Å²) < 4.78 is 14.3. The van der Waals surface area contributed by atoms with E-state index in [0.717, 1.165) is 0 Å². The van der Waals surface area contributed by atoms with Gasteiger partial charge in [-0.15, -0.1) is 0 Å². The van der Waals surface area contributed by atoms with E-state index in [9.17, 15) is 9.18 Å². The molecule has 0 radical (unpaired) electrons. The van der Waals surface area contributed by atoms with E-state index in [1.54, 1.807) is 18.2 Å². The van der Waals surface area contributed by atoms with Crippen molar-refractivity contribution in [3.8, 4) is 0 Å². The molecule has 17 heavy (non-hydrogen) atoms. The molecule has 0 saturated heterocycles. The predicted molar refractivity (Wildman–Crippen MR) is 61.8 cm³/mol. The van der Waals surface area contributed by atoms with Gasteiger partial charge < -0.3 is 5.73 Å². The van der Waals surface area contributed by atoms with Crippen LogP contribution in [0, 0.1) is 5.82 Å². The van der Waals surface area contributed by atoms with Crippen LogP contribution in [0.25, 0.3) is 0 Å². The second kappa shape index (κ2) is 4.88. The summed E-state index contributed by atoms with van der Waals surface area (Å²) in [4.78, 5) is 11.4. The zero-order valence-corrected chi connectivity index (χ0v) is 9.08. The summed E-state index contributed by atoms with van der Waals surface area (Å²) in [6.45, 7) is 0.225. The maximum absolute atomic E-state index is 13.0. The van der Waals surface area contributed by atoms with Gasteiger partial charge in [0, 0.05) is 18.3 Å². The largest absolute Gasteiger partial charge is 0.322 e. The summed E-state index contributed by atoms with van der Waals surface area (Å²) in [5.41, 5.74) is 6.32. The lowest BCUT2D eigenvalue weighted by Gasteiger charge is -2.12. The fourth-order valence-electron chi connectivity index (χ4n) is 1.55. The van der Waals surface area contributed by atoms with E-state index in [4.69, 9.17) is 5.73 Å². The molecule has 1 aromatic heterocycles. The quantitative estimate of drug-likeness (QED) is 0.863. The van der Waals surface area contributed by atoms with Gasteiger partial charge in [0.15, 0.2) is 0 Å². The molecule has 2 rings (SSSR count). The average Bonchev–Trinajstić information content (AvgIpc) is 2.32.